The summed E-state index contributed by atoms with van der Waals surface area (Å²) >= 11 is 0. The van der Waals surface area contributed by atoms with Gasteiger partial charge in [0, 0.05) is 6.61 Å². The van der Waals surface area contributed by atoms with Crippen LogP contribution in [0.15, 0.2) is 0 Å². The fraction of sp³-hybridized carbons (Fsp3) is 1.00. The third-order valence-electron chi connectivity index (χ3n) is 4.43. The molecule has 0 aliphatic carbocycles. The van der Waals surface area contributed by atoms with E-state index in [1.807, 2.05) is 0 Å². The van der Waals surface area contributed by atoms with Crippen LogP contribution >= 0.6 is 0 Å². The van der Waals surface area contributed by atoms with Crippen LogP contribution in [-0.2, 0) is 0 Å². The molecule has 0 rings (SSSR count). The van der Waals surface area contributed by atoms with Crippen molar-refractivity contribution in [1.82, 2.24) is 0 Å². The summed E-state index contributed by atoms with van der Waals surface area (Å²) in [5.74, 6) is 2.35. The van der Waals surface area contributed by atoms with E-state index in [0.29, 0.717) is 12.0 Å². The van der Waals surface area contributed by atoms with Crippen LogP contribution in [0, 0.1) is 23.2 Å². The Morgan fingerprint density at radius 1 is 1.06 bits per heavy atom. The minimum Gasteiger partial charge on any atom is -0.396 e. The third-order valence-corrected chi connectivity index (χ3v) is 4.43. The maximum Gasteiger partial charge on any atom is 0.0431 e. The van der Waals surface area contributed by atoms with Gasteiger partial charge < -0.3 is 5.11 Å². The van der Waals surface area contributed by atoms with Crippen molar-refractivity contribution in [2.24, 2.45) is 23.2 Å². The maximum atomic E-state index is 9.06. The van der Waals surface area contributed by atoms with Gasteiger partial charge in [0.2, 0.25) is 0 Å². The summed E-state index contributed by atoms with van der Waals surface area (Å²) in [6.07, 6.45) is 6.00. The number of rotatable bonds is 9. The molecular weight excluding hydrogens is 208 g/mol. The topological polar surface area (TPSA) is 20.2 Å². The van der Waals surface area contributed by atoms with E-state index in [2.05, 4.69) is 41.5 Å². The van der Waals surface area contributed by atoms with Gasteiger partial charge in [-0.3, -0.25) is 0 Å². The van der Waals surface area contributed by atoms with Gasteiger partial charge in [0.15, 0.2) is 0 Å². The minimum atomic E-state index is 0.339. The molecule has 0 radical (unpaired) electrons. The van der Waals surface area contributed by atoms with Gasteiger partial charge in [0.1, 0.15) is 0 Å². The first kappa shape index (κ1) is 17.0. The van der Waals surface area contributed by atoms with E-state index in [-0.39, 0.29) is 0 Å². The second-order valence-corrected chi connectivity index (χ2v) is 6.78. The Hall–Kier alpha value is -0.0400. The molecule has 0 aliphatic heterocycles. The molecule has 0 heterocycles. The molecule has 1 nitrogen and oxygen atoms in total. The lowest BCUT2D eigenvalue weighted by atomic mass is 9.70. The van der Waals surface area contributed by atoms with Gasteiger partial charge in [-0.15, -0.1) is 0 Å². The van der Waals surface area contributed by atoms with E-state index in [4.69, 9.17) is 5.11 Å². The largest absolute Gasteiger partial charge is 0.396 e. The summed E-state index contributed by atoms with van der Waals surface area (Å²) in [5.41, 5.74) is 0.418. The molecule has 1 heteroatoms. The number of aliphatic hydroxyl groups is 1. The summed E-state index contributed by atoms with van der Waals surface area (Å²) in [7, 11) is 0. The van der Waals surface area contributed by atoms with Gasteiger partial charge in [0.05, 0.1) is 0 Å². The quantitative estimate of drug-likeness (QED) is 0.610. The highest BCUT2D eigenvalue weighted by Gasteiger charge is 2.28. The molecule has 0 spiro atoms. The second kappa shape index (κ2) is 8.13. The molecule has 104 valence electrons. The molecule has 0 fully saturated rings. The van der Waals surface area contributed by atoms with E-state index >= 15 is 0 Å². The molecule has 3 atom stereocenters. The van der Waals surface area contributed by atoms with Crippen LogP contribution in [0.4, 0.5) is 0 Å². The fourth-order valence-corrected chi connectivity index (χ4v) is 2.79. The molecule has 0 saturated carbocycles. The average molecular weight is 242 g/mol. The average Bonchev–Trinajstić information content (AvgIpc) is 2.25. The molecule has 0 saturated heterocycles. The first-order chi connectivity index (χ1) is 7.84. The first-order valence-electron chi connectivity index (χ1n) is 7.45. The van der Waals surface area contributed by atoms with Crippen molar-refractivity contribution >= 4 is 0 Å². The number of hydrogen-bond donors (Lipinski definition) is 1. The Kier molecular flexibility index (Phi) is 8.11. The van der Waals surface area contributed by atoms with Crippen LogP contribution in [0.5, 0.6) is 0 Å². The Bertz CT molecular complexity index is 188. The standard InChI is InChI=1S/C16H34O/c1-7-14(4)11-16(6,9-8-10-17)12-15(5)13(2)3/h13-15,17H,7-12H2,1-6H3. The Morgan fingerprint density at radius 3 is 2.06 bits per heavy atom. The molecule has 0 aliphatic rings. The summed E-state index contributed by atoms with van der Waals surface area (Å²) in [6, 6.07) is 0. The van der Waals surface area contributed by atoms with Gasteiger partial charge in [-0.25, -0.2) is 0 Å². The van der Waals surface area contributed by atoms with Crippen molar-refractivity contribution in [3.05, 3.63) is 0 Å². The summed E-state index contributed by atoms with van der Waals surface area (Å²) in [4.78, 5) is 0. The summed E-state index contributed by atoms with van der Waals surface area (Å²) in [6.45, 7) is 14.4. The highest BCUT2D eigenvalue weighted by atomic mass is 16.2. The Morgan fingerprint density at radius 2 is 1.65 bits per heavy atom. The molecule has 1 N–H and O–H groups in total. The number of aliphatic hydroxyl groups excluding tert-OH is 1. The minimum absolute atomic E-state index is 0.339. The molecule has 0 aromatic heterocycles. The summed E-state index contributed by atoms with van der Waals surface area (Å²) in [5, 5.41) is 9.06. The van der Waals surface area contributed by atoms with Crippen LogP contribution in [0.1, 0.15) is 73.6 Å². The predicted molar refractivity (Wildman–Crippen MR) is 77.1 cm³/mol. The fourth-order valence-electron chi connectivity index (χ4n) is 2.79. The molecule has 0 bridgehead atoms. The molecule has 0 aromatic rings. The molecule has 0 amide bonds. The van der Waals surface area contributed by atoms with Gasteiger partial charge in [-0.2, -0.15) is 0 Å². The van der Waals surface area contributed by atoms with E-state index in [9.17, 15) is 0 Å². The zero-order chi connectivity index (χ0) is 13.5. The van der Waals surface area contributed by atoms with Gasteiger partial charge >= 0.3 is 0 Å². The van der Waals surface area contributed by atoms with Gasteiger partial charge in [-0.1, -0.05) is 48.0 Å². The highest BCUT2D eigenvalue weighted by molar-refractivity contribution is 4.79. The van der Waals surface area contributed by atoms with Crippen molar-refractivity contribution < 1.29 is 5.11 Å². The smallest absolute Gasteiger partial charge is 0.0431 e. The van der Waals surface area contributed by atoms with Crippen LogP contribution < -0.4 is 0 Å². The second-order valence-electron chi connectivity index (χ2n) is 6.78. The van der Waals surface area contributed by atoms with Gasteiger partial charge in [-0.05, 0) is 48.9 Å². The Labute approximate surface area is 109 Å². The molecule has 17 heavy (non-hydrogen) atoms. The van der Waals surface area contributed by atoms with Crippen LogP contribution in [-0.4, -0.2) is 11.7 Å². The molecule has 0 aromatic carbocycles. The van der Waals surface area contributed by atoms with Gasteiger partial charge in [0.25, 0.3) is 0 Å². The Balaban J connectivity index is 4.47. The lowest BCUT2D eigenvalue weighted by Gasteiger charge is -2.36. The van der Waals surface area contributed by atoms with E-state index in [0.717, 1.165) is 24.2 Å². The zero-order valence-corrected chi connectivity index (χ0v) is 12.9. The summed E-state index contributed by atoms with van der Waals surface area (Å²) < 4.78 is 0. The zero-order valence-electron chi connectivity index (χ0n) is 12.9. The van der Waals surface area contributed by atoms with Crippen molar-refractivity contribution in [2.45, 2.75) is 73.6 Å². The van der Waals surface area contributed by atoms with E-state index < -0.39 is 0 Å². The van der Waals surface area contributed by atoms with Crippen LogP contribution in [0.3, 0.4) is 0 Å². The monoisotopic (exact) mass is 242 g/mol. The van der Waals surface area contributed by atoms with E-state index in [1.165, 1.54) is 25.7 Å². The lowest BCUT2D eigenvalue weighted by Crippen LogP contribution is -2.25. The third kappa shape index (κ3) is 7.08. The maximum absolute atomic E-state index is 9.06. The van der Waals surface area contributed by atoms with Crippen molar-refractivity contribution in [3.8, 4) is 0 Å². The normalized spacial score (nSPS) is 19.1. The van der Waals surface area contributed by atoms with Crippen molar-refractivity contribution in [1.29, 1.82) is 0 Å². The molecule has 3 unspecified atom stereocenters. The highest BCUT2D eigenvalue weighted by Crippen LogP contribution is 2.39. The van der Waals surface area contributed by atoms with Crippen LogP contribution in [0.2, 0.25) is 0 Å². The van der Waals surface area contributed by atoms with Crippen LogP contribution in [0.25, 0.3) is 0 Å². The first-order valence-corrected chi connectivity index (χ1v) is 7.45. The van der Waals surface area contributed by atoms with Crippen molar-refractivity contribution in [2.75, 3.05) is 6.61 Å². The molecular formula is C16H34O. The van der Waals surface area contributed by atoms with E-state index in [1.54, 1.807) is 0 Å². The number of hydrogen-bond acceptors (Lipinski definition) is 1. The van der Waals surface area contributed by atoms with Crippen molar-refractivity contribution in [3.63, 3.8) is 0 Å². The lowest BCUT2D eigenvalue weighted by molar-refractivity contribution is 0.142. The predicted octanol–water partition coefficient (Wildman–Crippen LogP) is 4.88. The SMILES string of the molecule is CCC(C)CC(C)(CCCO)CC(C)C(C)C.